The first kappa shape index (κ1) is 27.9. The van der Waals surface area contributed by atoms with Crippen molar-refractivity contribution in [3.63, 3.8) is 0 Å². The number of benzene rings is 2. The van der Waals surface area contributed by atoms with Crippen molar-refractivity contribution in [2.45, 2.75) is 38.6 Å². The van der Waals surface area contributed by atoms with E-state index in [4.69, 9.17) is 4.74 Å². The van der Waals surface area contributed by atoms with Crippen LogP contribution in [0.3, 0.4) is 0 Å². The second-order valence-electron chi connectivity index (χ2n) is 9.07. The van der Waals surface area contributed by atoms with Gasteiger partial charge in [0.25, 0.3) is 11.5 Å². The van der Waals surface area contributed by atoms with Crippen molar-refractivity contribution in [2.24, 2.45) is 0 Å². The summed E-state index contributed by atoms with van der Waals surface area (Å²) in [5.41, 5.74) is 1.36. The Bertz CT molecular complexity index is 1540. The molecule has 40 heavy (non-hydrogen) atoms. The summed E-state index contributed by atoms with van der Waals surface area (Å²) >= 11 is 0. The number of fused-ring (bicyclic) bond motifs is 1. The monoisotopic (exact) mass is 542 g/mol. The van der Waals surface area contributed by atoms with Crippen molar-refractivity contribution < 1.29 is 24.2 Å². The smallest absolute Gasteiger partial charge is 0.317 e. The van der Waals surface area contributed by atoms with Crippen LogP contribution in [0.2, 0.25) is 0 Å². The molecule has 4 rings (SSSR count). The zero-order valence-electron chi connectivity index (χ0n) is 21.9. The first-order valence-electron chi connectivity index (χ1n) is 12.8. The van der Waals surface area contributed by atoms with Crippen LogP contribution in [-0.4, -0.2) is 33.6 Å². The number of hydrogen-bond donors (Lipinski definition) is 4. The van der Waals surface area contributed by atoms with Gasteiger partial charge in [0.15, 0.2) is 6.23 Å². The van der Waals surface area contributed by atoms with Gasteiger partial charge in [-0.05, 0) is 35.4 Å². The molecule has 0 fully saturated rings. The minimum atomic E-state index is -1.08. The molecule has 0 saturated heterocycles. The van der Waals surface area contributed by atoms with E-state index >= 15 is 0 Å². The lowest BCUT2D eigenvalue weighted by atomic mass is 10.0. The summed E-state index contributed by atoms with van der Waals surface area (Å²) in [4.78, 5) is 50.1. The molecule has 10 nitrogen and oxygen atoms in total. The molecule has 0 spiro atoms. The summed E-state index contributed by atoms with van der Waals surface area (Å²) in [7, 11) is 0. The average molecular weight is 543 g/mol. The number of nitrogens with one attached hydrogen (secondary N) is 3. The highest BCUT2D eigenvalue weighted by Crippen LogP contribution is 2.18. The summed E-state index contributed by atoms with van der Waals surface area (Å²) in [6, 6.07) is 23.3. The largest absolute Gasteiger partial charge is 0.481 e. The van der Waals surface area contributed by atoms with E-state index in [1.165, 1.54) is 16.7 Å². The van der Waals surface area contributed by atoms with Crippen LogP contribution < -0.4 is 26.2 Å². The second-order valence-corrected chi connectivity index (χ2v) is 9.07. The third kappa shape index (κ3) is 7.25. The lowest BCUT2D eigenvalue weighted by Gasteiger charge is -2.20. The highest BCUT2D eigenvalue weighted by atomic mass is 16.5. The molecule has 4 N–H and O–H groups in total. The molecular weight excluding hydrogens is 512 g/mol. The van der Waals surface area contributed by atoms with Gasteiger partial charge < -0.3 is 25.8 Å². The maximum atomic E-state index is 13.3. The Morgan fingerprint density at radius 2 is 1.57 bits per heavy atom. The number of carboxylic acid groups (broad SMARTS) is 1. The number of aromatic nitrogens is 1. The second kappa shape index (κ2) is 13.1. The Labute approximate surface area is 230 Å². The van der Waals surface area contributed by atoms with Crippen LogP contribution in [0.1, 0.15) is 47.3 Å². The number of pyridine rings is 2. The molecule has 0 radical (unpaired) electrons. The summed E-state index contributed by atoms with van der Waals surface area (Å²) in [5, 5.41) is 17.5. The number of ether oxygens (including phenoxy) is 1. The van der Waals surface area contributed by atoms with E-state index in [1.54, 1.807) is 48.5 Å². The van der Waals surface area contributed by atoms with Gasteiger partial charge >= 0.3 is 12.0 Å². The van der Waals surface area contributed by atoms with Crippen molar-refractivity contribution in [2.75, 3.05) is 0 Å². The van der Waals surface area contributed by atoms with Crippen LogP contribution in [0.25, 0.3) is 5.52 Å². The van der Waals surface area contributed by atoms with Crippen LogP contribution >= 0.6 is 0 Å². The average Bonchev–Trinajstić information content (AvgIpc) is 2.96. The molecule has 0 bridgehead atoms. The summed E-state index contributed by atoms with van der Waals surface area (Å²) in [5.74, 6) is -1.46. The van der Waals surface area contributed by atoms with E-state index in [-0.39, 0.29) is 12.0 Å². The topological polar surface area (TPSA) is 138 Å². The molecule has 0 saturated carbocycles. The van der Waals surface area contributed by atoms with Gasteiger partial charge in [0, 0.05) is 18.5 Å². The van der Waals surface area contributed by atoms with Crippen molar-refractivity contribution in [1.29, 1.82) is 0 Å². The quantitative estimate of drug-likeness (QED) is 0.212. The Morgan fingerprint density at radius 3 is 2.25 bits per heavy atom. The Kier molecular flexibility index (Phi) is 9.14. The molecule has 10 heteroatoms. The maximum Gasteiger partial charge on any atom is 0.317 e. The van der Waals surface area contributed by atoms with Crippen LogP contribution in [-0.2, 0) is 11.3 Å². The minimum Gasteiger partial charge on any atom is -0.481 e. The maximum absolute atomic E-state index is 13.3. The zero-order valence-corrected chi connectivity index (χ0v) is 21.9. The predicted octanol–water partition coefficient (Wildman–Crippen LogP) is 3.86. The number of hydrogen-bond acceptors (Lipinski definition) is 5. The molecule has 206 valence electrons. The molecule has 2 aromatic carbocycles. The summed E-state index contributed by atoms with van der Waals surface area (Å²) in [6.45, 7) is 2.20. The fourth-order valence-electron chi connectivity index (χ4n) is 4.12. The molecule has 0 aliphatic rings. The lowest BCUT2D eigenvalue weighted by Crippen LogP contribution is -2.44. The van der Waals surface area contributed by atoms with Gasteiger partial charge in [-0.2, -0.15) is 0 Å². The van der Waals surface area contributed by atoms with Gasteiger partial charge in [-0.1, -0.05) is 67.6 Å². The summed E-state index contributed by atoms with van der Waals surface area (Å²) < 4.78 is 7.20. The minimum absolute atomic E-state index is 0.147. The predicted molar refractivity (Wildman–Crippen MR) is 149 cm³/mol. The first-order valence-corrected chi connectivity index (χ1v) is 12.8. The van der Waals surface area contributed by atoms with E-state index in [9.17, 15) is 24.3 Å². The van der Waals surface area contributed by atoms with Gasteiger partial charge in [-0.3, -0.25) is 18.8 Å². The number of carbonyl (C=O) groups is 3. The van der Waals surface area contributed by atoms with Gasteiger partial charge in [0.1, 0.15) is 11.3 Å². The molecule has 2 aromatic heterocycles. The first-order chi connectivity index (χ1) is 19.3. The molecule has 2 heterocycles. The fraction of sp³-hybridized carbons (Fsp3) is 0.200. The van der Waals surface area contributed by atoms with E-state index in [0.29, 0.717) is 29.8 Å². The third-order valence-corrected chi connectivity index (χ3v) is 6.19. The Morgan fingerprint density at radius 1 is 0.900 bits per heavy atom. The number of rotatable bonds is 11. The number of nitrogens with zero attached hydrogens (tertiary/aromatic N) is 1. The van der Waals surface area contributed by atoms with Crippen LogP contribution in [0.4, 0.5) is 4.79 Å². The van der Waals surface area contributed by atoms with Crippen molar-refractivity contribution in [3.8, 4) is 5.75 Å². The van der Waals surface area contributed by atoms with Gasteiger partial charge in [-0.15, -0.1) is 0 Å². The van der Waals surface area contributed by atoms with Crippen LogP contribution in [0.5, 0.6) is 5.75 Å². The molecule has 0 aliphatic carbocycles. The van der Waals surface area contributed by atoms with Crippen LogP contribution in [0.15, 0.2) is 95.9 Å². The van der Waals surface area contributed by atoms with Gasteiger partial charge in [0.05, 0.1) is 18.7 Å². The highest BCUT2D eigenvalue weighted by Gasteiger charge is 2.21. The molecule has 4 aromatic rings. The molecular formula is C30H30N4O6. The van der Waals surface area contributed by atoms with Crippen molar-refractivity contribution >= 4 is 23.4 Å². The van der Waals surface area contributed by atoms with E-state index in [1.807, 2.05) is 37.3 Å². The lowest BCUT2D eigenvalue weighted by molar-refractivity contribution is -0.137. The molecule has 0 aliphatic heterocycles. The molecule has 3 amide bonds. The number of aliphatic carboxylic acids is 1. The van der Waals surface area contributed by atoms with E-state index in [2.05, 4.69) is 16.0 Å². The van der Waals surface area contributed by atoms with Crippen molar-refractivity contribution in [3.05, 3.63) is 118 Å². The Balaban J connectivity index is 1.48. The number of carboxylic acids is 1. The van der Waals surface area contributed by atoms with Gasteiger partial charge in [0.2, 0.25) is 0 Å². The van der Waals surface area contributed by atoms with Gasteiger partial charge in [-0.25, -0.2) is 4.79 Å². The number of urea groups is 1. The third-order valence-electron chi connectivity index (χ3n) is 6.19. The zero-order chi connectivity index (χ0) is 28.5. The number of carbonyl (C=O) groups excluding carboxylic acids is 2. The standard InChI is InChI=1S/C30H30N4O6/c1-2-26(33-30(39)31-18-20-9-5-3-6-10-20)40-23-15-13-22-14-16-24(29(38)34(22)19-23)28(37)32-25(17-27(35)36)21-11-7-4-8-12-21/h3-16,19,25-26H,2,17-18H2,1H3,(H,32,37)(H,35,36)(H2,31,33,39). The fourth-order valence-corrected chi connectivity index (χ4v) is 4.12. The Hall–Kier alpha value is -5.12. The van der Waals surface area contributed by atoms with Crippen molar-refractivity contribution in [1.82, 2.24) is 20.4 Å². The number of amides is 3. The van der Waals surface area contributed by atoms with Crippen LogP contribution in [0, 0.1) is 0 Å². The summed E-state index contributed by atoms with van der Waals surface area (Å²) in [6.07, 6.45) is 0.899. The molecule has 2 unspecified atom stereocenters. The van der Waals surface area contributed by atoms with E-state index < -0.39 is 35.7 Å². The normalized spacial score (nSPS) is 12.2. The SMILES string of the molecule is CCC(NC(=O)NCc1ccccc1)Oc1ccc2ccc(C(=O)NC(CC(=O)O)c3ccccc3)c(=O)n2c1. The van der Waals surface area contributed by atoms with E-state index in [0.717, 1.165) is 5.56 Å². The molecule has 2 atom stereocenters. The highest BCUT2D eigenvalue weighted by molar-refractivity contribution is 5.94.